The minimum absolute atomic E-state index is 0.233. The van der Waals surface area contributed by atoms with Crippen molar-refractivity contribution in [2.24, 2.45) is 5.92 Å². The van der Waals surface area contributed by atoms with Gasteiger partial charge in [-0.1, -0.05) is 31.5 Å². The van der Waals surface area contributed by atoms with Crippen LogP contribution in [0.4, 0.5) is 0 Å². The van der Waals surface area contributed by atoms with Crippen LogP contribution < -0.4 is 5.32 Å². The molecule has 7 heteroatoms. The van der Waals surface area contributed by atoms with Gasteiger partial charge in [-0.25, -0.2) is 4.98 Å². The van der Waals surface area contributed by atoms with Gasteiger partial charge in [0.2, 0.25) is 0 Å². The van der Waals surface area contributed by atoms with Crippen molar-refractivity contribution in [3.8, 4) is 0 Å². The molecule has 1 fully saturated rings. The van der Waals surface area contributed by atoms with Gasteiger partial charge in [-0.2, -0.15) is 0 Å². The normalized spacial score (nSPS) is 20.1. The van der Waals surface area contributed by atoms with Gasteiger partial charge in [-0.05, 0) is 24.0 Å². The van der Waals surface area contributed by atoms with E-state index in [4.69, 9.17) is 11.6 Å². The van der Waals surface area contributed by atoms with Crippen molar-refractivity contribution in [2.45, 2.75) is 32.9 Å². The van der Waals surface area contributed by atoms with Crippen LogP contribution >= 0.6 is 11.6 Å². The first-order valence-electron chi connectivity index (χ1n) is 6.91. The molecule has 6 nitrogen and oxygen atoms in total. The Bertz CT molecular complexity index is 530. The standard InChI is InChI=1S/C14H19ClN4O2/c1-10(2)5-12-8-18(14(17-12)9-19(20)21)7-11-3-4-13(15)16-6-11/h3-4,6,9-10,12,17H,5,7-8H2,1-2H3/b14-9+/t12-/m0/s1. The molecule has 2 heterocycles. The molecule has 1 aromatic rings. The van der Waals surface area contributed by atoms with Crippen LogP contribution in [-0.4, -0.2) is 27.4 Å². The number of hydrogen-bond acceptors (Lipinski definition) is 5. The lowest BCUT2D eigenvalue weighted by molar-refractivity contribution is -0.404. The first-order chi connectivity index (χ1) is 9.94. The van der Waals surface area contributed by atoms with Crippen LogP contribution in [0.3, 0.4) is 0 Å². The molecular formula is C14H19ClN4O2. The Labute approximate surface area is 129 Å². The summed E-state index contributed by atoms with van der Waals surface area (Å²) in [7, 11) is 0. The van der Waals surface area contributed by atoms with E-state index in [1.165, 1.54) is 0 Å². The largest absolute Gasteiger partial charge is 0.362 e. The van der Waals surface area contributed by atoms with E-state index in [1.54, 1.807) is 12.3 Å². The molecule has 0 bridgehead atoms. The van der Waals surface area contributed by atoms with E-state index in [0.29, 0.717) is 23.4 Å². The van der Waals surface area contributed by atoms with Crippen LogP contribution in [0.25, 0.3) is 0 Å². The molecule has 0 amide bonds. The summed E-state index contributed by atoms with van der Waals surface area (Å²) in [6, 6.07) is 3.84. The average Bonchev–Trinajstić information content (AvgIpc) is 2.72. The molecule has 0 aliphatic carbocycles. The molecule has 2 rings (SSSR count). The number of nitrogens with zero attached hydrogens (tertiary/aromatic N) is 3. The van der Waals surface area contributed by atoms with E-state index in [9.17, 15) is 10.1 Å². The number of rotatable bonds is 5. The van der Waals surface area contributed by atoms with Gasteiger partial charge in [0.05, 0.1) is 4.92 Å². The molecule has 114 valence electrons. The maximum atomic E-state index is 10.8. The van der Waals surface area contributed by atoms with Gasteiger partial charge in [0.15, 0.2) is 5.82 Å². The monoisotopic (exact) mass is 310 g/mol. The quantitative estimate of drug-likeness (QED) is 0.514. The van der Waals surface area contributed by atoms with Crippen molar-refractivity contribution in [1.29, 1.82) is 0 Å². The van der Waals surface area contributed by atoms with E-state index in [1.807, 2.05) is 11.0 Å². The molecule has 0 spiro atoms. The Balaban J connectivity index is 2.10. The zero-order valence-electron chi connectivity index (χ0n) is 12.1. The highest BCUT2D eigenvalue weighted by Gasteiger charge is 2.28. The van der Waals surface area contributed by atoms with Gasteiger partial charge in [-0.15, -0.1) is 0 Å². The summed E-state index contributed by atoms with van der Waals surface area (Å²) in [6.07, 6.45) is 3.70. The lowest BCUT2D eigenvalue weighted by Crippen LogP contribution is -2.25. The van der Waals surface area contributed by atoms with Crippen LogP contribution in [0, 0.1) is 16.0 Å². The predicted molar refractivity (Wildman–Crippen MR) is 81.1 cm³/mol. The minimum Gasteiger partial charge on any atom is -0.362 e. The molecule has 1 aliphatic heterocycles. The predicted octanol–water partition coefficient (Wildman–Crippen LogP) is 2.63. The summed E-state index contributed by atoms with van der Waals surface area (Å²) in [5, 5.41) is 14.4. The summed E-state index contributed by atoms with van der Waals surface area (Å²) in [5.74, 6) is 1.09. The second kappa shape index (κ2) is 6.76. The van der Waals surface area contributed by atoms with E-state index in [0.717, 1.165) is 24.7 Å². The smallest absolute Gasteiger partial charge is 0.274 e. The second-order valence-electron chi connectivity index (χ2n) is 5.64. The van der Waals surface area contributed by atoms with Gasteiger partial charge >= 0.3 is 0 Å². The highest BCUT2D eigenvalue weighted by Crippen LogP contribution is 2.20. The van der Waals surface area contributed by atoms with Crippen LogP contribution in [0.2, 0.25) is 5.15 Å². The summed E-state index contributed by atoms with van der Waals surface area (Å²) in [6.45, 7) is 5.61. The second-order valence-corrected chi connectivity index (χ2v) is 6.03. The third-order valence-corrected chi connectivity index (χ3v) is 3.50. The zero-order chi connectivity index (χ0) is 15.4. The van der Waals surface area contributed by atoms with Gasteiger partial charge in [0.25, 0.3) is 6.20 Å². The number of aromatic nitrogens is 1. The maximum absolute atomic E-state index is 10.8. The molecule has 0 saturated carbocycles. The van der Waals surface area contributed by atoms with Crippen molar-refractivity contribution < 1.29 is 4.92 Å². The fraction of sp³-hybridized carbons (Fsp3) is 0.500. The molecule has 1 aromatic heterocycles. The average molecular weight is 311 g/mol. The number of nitro groups is 1. The lowest BCUT2D eigenvalue weighted by Gasteiger charge is -2.17. The Morgan fingerprint density at radius 2 is 2.38 bits per heavy atom. The summed E-state index contributed by atoms with van der Waals surface area (Å²) in [4.78, 5) is 16.3. The van der Waals surface area contributed by atoms with Crippen molar-refractivity contribution in [3.63, 3.8) is 0 Å². The topological polar surface area (TPSA) is 71.3 Å². The number of hydrogen-bond donors (Lipinski definition) is 1. The van der Waals surface area contributed by atoms with E-state index in [2.05, 4.69) is 24.1 Å². The summed E-state index contributed by atoms with van der Waals surface area (Å²) < 4.78 is 0. The van der Waals surface area contributed by atoms with Crippen LogP contribution in [-0.2, 0) is 6.54 Å². The number of halogens is 1. The minimum atomic E-state index is -0.423. The summed E-state index contributed by atoms with van der Waals surface area (Å²) in [5.41, 5.74) is 0.973. The SMILES string of the molecule is CC(C)C[C@H]1CN(Cc2ccc(Cl)nc2)/C(=C/[N+](=O)[O-])N1. The van der Waals surface area contributed by atoms with Gasteiger partial charge in [0, 0.05) is 25.3 Å². The molecule has 21 heavy (non-hydrogen) atoms. The first-order valence-corrected chi connectivity index (χ1v) is 7.29. The third-order valence-electron chi connectivity index (χ3n) is 3.28. The summed E-state index contributed by atoms with van der Waals surface area (Å²) >= 11 is 5.77. The van der Waals surface area contributed by atoms with Crippen LogP contribution in [0.1, 0.15) is 25.8 Å². The fourth-order valence-corrected chi connectivity index (χ4v) is 2.61. The van der Waals surface area contributed by atoms with Crippen LogP contribution in [0.15, 0.2) is 30.4 Å². The molecule has 0 aromatic carbocycles. The highest BCUT2D eigenvalue weighted by atomic mass is 35.5. The van der Waals surface area contributed by atoms with Crippen molar-refractivity contribution in [1.82, 2.24) is 15.2 Å². The zero-order valence-corrected chi connectivity index (χ0v) is 12.9. The molecule has 1 atom stereocenters. The number of pyridine rings is 1. The maximum Gasteiger partial charge on any atom is 0.274 e. The third kappa shape index (κ3) is 4.60. The van der Waals surface area contributed by atoms with E-state index in [-0.39, 0.29) is 6.04 Å². The molecule has 1 saturated heterocycles. The van der Waals surface area contributed by atoms with Crippen molar-refractivity contribution >= 4 is 11.6 Å². The van der Waals surface area contributed by atoms with Gasteiger partial charge in [0.1, 0.15) is 5.15 Å². The van der Waals surface area contributed by atoms with Crippen molar-refractivity contribution in [2.75, 3.05) is 6.54 Å². The Hall–Kier alpha value is -1.82. The Morgan fingerprint density at radius 3 is 2.95 bits per heavy atom. The molecular weight excluding hydrogens is 292 g/mol. The molecule has 1 N–H and O–H groups in total. The van der Waals surface area contributed by atoms with E-state index >= 15 is 0 Å². The van der Waals surface area contributed by atoms with Gasteiger partial charge in [-0.3, -0.25) is 10.1 Å². The van der Waals surface area contributed by atoms with Gasteiger partial charge < -0.3 is 10.2 Å². The molecule has 0 radical (unpaired) electrons. The van der Waals surface area contributed by atoms with E-state index < -0.39 is 4.92 Å². The highest BCUT2D eigenvalue weighted by molar-refractivity contribution is 6.29. The molecule has 0 unspecified atom stereocenters. The fourth-order valence-electron chi connectivity index (χ4n) is 2.50. The van der Waals surface area contributed by atoms with Crippen molar-refractivity contribution in [3.05, 3.63) is 51.2 Å². The number of nitrogens with one attached hydrogen (secondary N) is 1. The van der Waals surface area contributed by atoms with Crippen LogP contribution in [0.5, 0.6) is 0 Å². The Morgan fingerprint density at radius 1 is 1.62 bits per heavy atom. The lowest BCUT2D eigenvalue weighted by atomic mass is 10.0. The Kier molecular flexibility index (Phi) is 5.01. The first kappa shape index (κ1) is 15.6. The molecule has 1 aliphatic rings.